The summed E-state index contributed by atoms with van der Waals surface area (Å²) in [6.45, 7) is 4.61. The smallest absolute Gasteiger partial charge is 0.314 e. The summed E-state index contributed by atoms with van der Waals surface area (Å²) in [6.07, 6.45) is 0.753. The van der Waals surface area contributed by atoms with Crippen molar-refractivity contribution in [1.29, 1.82) is 0 Å². The van der Waals surface area contributed by atoms with E-state index in [9.17, 15) is 14.7 Å². The first-order chi connectivity index (χ1) is 13.9. The highest BCUT2D eigenvalue weighted by Gasteiger charge is 2.43. The topological polar surface area (TPSA) is 76.1 Å². The van der Waals surface area contributed by atoms with Crippen molar-refractivity contribution in [3.63, 3.8) is 0 Å². The van der Waals surface area contributed by atoms with E-state index < -0.39 is 11.4 Å². The summed E-state index contributed by atoms with van der Waals surface area (Å²) in [5.74, 6) is 0.122. The first-order valence-electron chi connectivity index (χ1n) is 9.80. The SMILES string of the molecule is COc1cc(C(=O)N2CCC(C(=O)O)(c3ccccc3)CC2)ccc1OC(C)C. The number of hydrogen-bond acceptors (Lipinski definition) is 4. The minimum absolute atomic E-state index is 0.00493. The van der Waals surface area contributed by atoms with Crippen LogP contribution in [0.2, 0.25) is 0 Å². The predicted octanol–water partition coefficient (Wildman–Crippen LogP) is 3.74. The van der Waals surface area contributed by atoms with E-state index in [1.807, 2.05) is 44.2 Å². The van der Waals surface area contributed by atoms with Crippen LogP contribution in [0.5, 0.6) is 11.5 Å². The average molecular weight is 397 g/mol. The normalized spacial score (nSPS) is 15.8. The van der Waals surface area contributed by atoms with Gasteiger partial charge in [-0.25, -0.2) is 0 Å². The molecule has 1 amide bonds. The van der Waals surface area contributed by atoms with Crippen LogP contribution in [0.25, 0.3) is 0 Å². The largest absolute Gasteiger partial charge is 0.493 e. The van der Waals surface area contributed by atoms with Gasteiger partial charge >= 0.3 is 5.97 Å². The van der Waals surface area contributed by atoms with Crippen molar-refractivity contribution in [2.75, 3.05) is 20.2 Å². The van der Waals surface area contributed by atoms with Crippen molar-refractivity contribution in [2.24, 2.45) is 0 Å². The van der Waals surface area contributed by atoms with Crippen LogP contribution in [0.1, 0.15) is 42.6 Å². The number of amides is 1. The number of aliphatic carboxylic acids is 1. The summed E-state index contributed by atoms with van der Waals surface area (Å²) < 4.78 is 11.1. The van der Waals surface area contributed by atoms with Crippen molar-refractivity contribution >= 4 is 11.9 Å². The maximum Gasteiger partial charge on any atom is 0.314 e. The quantitative estimate of drug-likeness (QED) is 0.804. The summed E-state index contributed by atoms with van der Waals surface area (Å²) in [7, 11) is 1.54. The molecule has 0 bridgehead atoms. The molecule has 6 nitrogen and oxygen atoms in total. The number of carbonyl (C=O) groups excluding carboxylic acids is 1. The number of benzene rings is 2. The van der Waals surface area contributed by atoms with Crippen LogP contribution < -0.4 is 9.47 Å². The van der Waals surface area contributed by atoms with Gasteiger partial charge in [0.25, 0.3) is 5.91 Å². The molecule has 0 saturated carbocycles. The zero-order valence-corrected chi connectivity index (χ0v) is 17.1. The molecule has 2 aromatic rings. The van der Waals surface area contributed by atoms with E-state index in [0.29, 0.717) is 43.0 Å². The van der Waals surface area contributed by atoms with Crippen molar-refractivity contribution in [2.45, 2.75) is 38.2 Å². The third kappa shape index (κ3) is 4.21. The van der Waals surface area contributed by atoms with E-state index in [1.54, 1.807) is 30.2 Å². The van der Waals surface area contributed by atoms with E-state index >= 15 is 0 Å². The average Bonchev–Trinajstić information content (AvgIpc) is 2.73. The first-order valence-corrected chi connectivity index (χ1v) is 9.80. The van der Waals surface area contributed by atoms with Crippen molar-refractivity contribution in [3.8, 4) is 11.5 Å². The van der Waals surface area contributed by atoms with Crippen molar-refractivity contribution in [3.05, 3.63) is 59.7 Å². The molecule has 0 aliphatic carbocycles. The molecule has 1 saturated heterocycles. The standard InChI is InChI=1S/C23H27NO5/c1-16(2)29-19-10-9-17(15-20(19)28-3)21(25)24-13-11-23(12-14-24,22(26)27)18-7-5-4-6-8-18/h4-10,15-16H,11-14H2,1-3H3,(H,26,27). The highest BCUT2D eigenvalue weighted by molar-refractivity contribution is 5.95. The second kappa shape index (κ2) is 8.55. The fraction of sp³-hybridized carbons (Fsp3) is 0.391. The van der Waals surface area contributed by atoms with Crippen LogP contribution in [0.3, 0.4) is 0 Å². The first kappa shape index (κ1) is 20.7. The van der Waals surface area contributed by atoms with E-state index in [2.05, 4.69) is 0 Å². The molecule has 0 unspecified atom stereocenters. The number of rotatable bonds is 6. The fourth-order valence-corrected chi connectivity index (χ4v) is 3.81. The molecule has 29 heavy (non-hydrogen) atoms. The van der Waals surface area contributed by atoms with Crippen LogP contribution in [0, 0.1) is 0 Å². The summed E-state index contributed by atoms with van der Waals surface area (Å²) in [5, 5.41) is 9.92. The van der Waals surface area contributed by atoms with Crippen molar-refractivity contribution < 1.29 is 24.2 Å². The Morgan fingerprint density at radius 1 is 1.03 bits per heavy atom. The molecular weight excluding hydrogens is 370 g/mol. The second-order valence-corrected chi connectivity index (χ2v) is 7.58. The highest BCUT2D eigenvalue weighted by atomic mass is 16.5. The molecular formula is C23H27NO5. The van der Waals surface area contributed by atoms with Gasteiger partial charge in [0.15, 0.2) is 11.5 Å². The molecule has 0 radical (unpaired) electrons. The number of piperidine rings is 1. The Morgan fingerprint density at radius 2 is 1.69 bits per heavy atom. The van der Waals surface area contributed by atoms with Gasteiger partial charge < -0.3 is 19.5 Å². The Balaban J connectivity index is 1.77. The lowest BCUT2D eigenvalue weighted by molar-refractivity contribution is -0.145. The lowest BCUT2D eigenvalue weighted by Crippen LogP contribution is -2.49. The Bertz CT molecular complexity index is 870. The van der Waals surface area contributed by atoms with Gasteiger partial charge in [-0.1, -0.05) is 30.3 Å². The van der Waals surface area contributed by atoms with Gasteiger partial charge in [-0.15, -0.1) is 0 Å². The number of carboxylic acids is 1. The Kier molecular flexibility index (Phi) is 6.11. The Hall–Kier alpha value is -3.02. The second-order valence-electron chi connectivity index (χ2n) is 7.58. The number of ether oxygens (including phenoxy) is 2. The number of nitrogens with zero attached hydrogens (tertiary/aromatic N) is 1. The van der Waals surface area contributed by atoms with Crippen LogP contribution in [-0.4, -0.2) is 48.2 Å². The number of hydrogen-bond donors (Lipinski definition) is 1. The third-order valence-electron chi connectivity index (χ3n) is 5.41. The lowest BCUT2D eigenvalue weighted by atomic mass is 9.73. The van der Waals surface area contributed by atoms with Gasteiger partial charge in [0, 0.05) is 18.7 Å². The van der Waals surface area contributed by atoms with E-state index in [4.69, 9.17) is 9.47 Å². The van der Waals surface area contributed by atoms with Gasteiger partial charge in [-0.3, -0.25) is 9.59 Å². The van der Waals surface area contributed by atoms with Gasteiger partial charge in [0.05, 0.1) is 18.6 Å². The Labute approximate surface area is 171 Å². The number of carboxylic acid groups (broad SMARTS) is 1. The summed E-state index contributed by atoms with van der Waals surface area (Å²) in [5.41, 5.74) is 0.335. The molecule has 1 aliphatic heterocycles. The summed E-state index contributed by atoms with van der Waals surface area (Å²) in [6, 6.07) is 14.4. The molecule has 6 heteroatoms. The minimum atomic E-state index is -0.954. The molecule has 0 aromatic heterocycles. The maximum atomic E-state index is 13.0. The highest BCUT2D eigenvalue weighted by Crippen LogP contribution is 2.37. The molecule has 1 heterocycles. The molecule has 0 spiro atoms. The van der Waals surface area contributed by atoms with Gasteiger partial charge in [-0.2, -0.15) is 0 Å². The fourth-order valence-electron chi connectivity index (χ4n) is 3.81. The molecule has 1 aliphatic rings. The Morgan fingerprint density at radius 3 is 2.24 bits per heavy atom. The molecule has 1 N–H and O–H groups in total. The predicted molar refractivity (Wildman–Crippen MR) is 110 cm³/mol. The molecule has 2 aromatic carbocycles. The molecule has 0 atom stereocenters. The summed E-state index contributed by atoms with van der Waals surface area (Å²) >= 11 is 0. The molecule has 3 rings (SSSR count). The van der Waals surface area contributed by atoms with Crippen molar-refractivity contribution in [1.82, 2.24) is 4.90 Å². The lowest BCUT2D eigenvalue weighted by Gasteiger charge is -2.39. The van der Waals surface area contributed by atoms with E-state index in [0.717, 1.165) is 5.56 Å². The van der Waals surface area contributed by atoms with Gasteiger partial charge in [0.2, 0.25) is 0 Å². The number of likely N-dealkylation sites (tertiary alicyclic amines) is 1. The maximum absolute atomic E-state index is 13.0. The van der Waals surface area contributed by atoms with E-state index in [1.165, 1.54) is 0 Å². The van der Waals surface area contributed by atoms with Crippen LogP contribution in [-0.2, 0) is 10.2 Å². The third-order valence-corrected chi connectivity index (χ3v) is 5.41. The monoisotopic (exact) mass is 397 g/mol. The van der Waals surface area contributed by atoms with Crippen LogP contribution >= 0.6 is 0 Å². The molecule has 154 valence electrons. The molecule has 1 fully saturated rings. The van der Waals surface area contributed by atoms with Crippen LogP contribution in [0.4, 0.5) is 0 Å². The zero-order chi connectivity index (χ0) is 21.0. The number of carbonyl (C=O) groups is 2. The number of methoxy groups -OCH3 is 1. The minimum Gasteiger partial charge on any atom is -0.493 e. The van der Waals surface area contributed by atoms with Gasteiger partial charge in [0.1, 0.15) is 0 Å². The summed E-state index contributed by atoms with van der Waals surface area (Å²) in [4.78, 5) is 26.8. The van der Waals surface area contributed by atoms with Crippen LogP contribution in [0.15, 0.2) is 48.5 Å². The van der Waals surface area contributed by atoms with E-state index in [-0.39, 0.29) is 12.0 Å². The van der Waals surface area contributed by atoms with Gasteiger partial charge in [-0.05, 0) is 50.5 Å². The zero-order valence-electron chi connectivity index (χ0n) is 17.1.